The molecule has 1 aromatic rings. The second kappa shape index (κ2) is 5.45. The van der Waals surface area contributed by atoms with Crippen LogP contribution in [0, 0.1) is 5.92 Å². The maximum atomic E-state index is 4.55. The third-order valence-corrected chi connectivity index (χ3v) is 3.90. The van der Waals surface area contributed by atoms with Crippen LogP contribution in [0.4, 0.5) is 5.95 Å². The molecule has 2 aliphatic carbocycles. The fourth-order valence-electron chi connectivity index (χ4n) is 2.24. The van der Waals surface area contributed by atoms with E-state index in [1.54, 1.807) is 0 Å². The molecule has 0 aromatic carbocycles. The highest BCUT2D eigenvalue weighted by Gasteiger charge is 2.26. The molecule has 104 valence electrons. The molecule has 1 heterocycles. The van der Waals surface area contributed by atoms with Crippen LogP contribution in [0.5, 0.6) is 0 Å². The lowest BCUT2D eigenvalue weighted by atomic mass is 10.3. The predicted molar refractivity (Wildman–Crippen MR) is 77.1 cm³/mol. The van der Waals surface area contributed by atoms with Gasteiger partial charge in [0.05, 0.1) is 0 Å². The van der Waals surface area contributed by atoms with Gasteiger partial charge in [-0.25, -0.2) is 9.97 Å². The maximum Gasteiger partial charge on any atom is 0.225 e. The number of rotatable bonds is 7. The van der Waals surface area contributed by atoms with Gasteiger partial charge in [-0.3, -0.25) is 0 Å². The molecular weight excluding hydrogens is 236 g/mol. The van der Waals surface area contributed by atoms with Gasteiger partial charge in [-0.15, -0.1) is 0 Å². The van der Waals surface area contributed by atoms with Crippen LogP contribution in [0.25, 0.3) is 0 Å². The molecule has 0 unspecified atom stereocenters. The minimum Gasteiger partial charge on any atom is -0.338 e. The van der Waals surface area contributed by atoms with Gasteiger partial charge < -0.3 is 10.2 Å². The molecular formula is C15H24N4. The van der Waals surface area contributed by atoms with Crippen molar-refractivity contribution in [3.05, 3.63) is 18.0 Å². The molecule has 0 amide bonds. The van der Waals surface area contributed by atoms with Gasteiger partial charge in [0.15, 0.2) is 0 Å². The van der Waals surface area contributed by atoms with Crippen LogP contribution in [0.15, 0.2) is 12.4 Å². The van der Waals surface area contributed by atoms with Crippen molar-refractivity contribution in [2.75, 3.05) is 11.4 Å². The van der Waals surface area contributed by atoms with Crippen molar-refractivity contribution in [3.63, 3.8) is 0 Å². The summed E-state index contributed by atoms with van der Waals surface area (Å²) in [5.74, 6) is 1.75. The van der Waals surface area contributed by atoms with Crippen LogP contribution < -0.4 is 10.2 Å². The van der Waals surface area contributed by atoms with Gasteiger partial charge in [-0.05, 0) is 45.4 Å². The Labute approximate surface area is 115 Å². The van der Waals surface area contributed by atoms with Gasteiger partial charge in [0.1, 0.15) is 0 Å². The molecule has 1 N–H and O–H groups in total. The molecule has 4 nitrogen and oxygen atoms in total. The molecule has 4 heteroatoms. The number of nitrogens with one attached hydrogen (secondary N) is 1. The van der Waals surface area contributed by atoms with Gasteiger partial charge >= 0.3 is 0 Å². The van der Waals surface area contributed by atoms with Crippen molar-refractivity contribution in [2.24, 2.45) is 5.92 Å². The Hall–Kier alpha value is -1.16. The first-order valence-electron chi connectivity index (χ1n) is 7.53. The van der Waals surface area contributed by atoms with Gasteiger partial charge in [-0.1, -0.05) is 0 Å². The van der Waals surface area contributed by atoms with Gasteiger partial charge in [0.2, 0.25) is 5.95 Å². The molecule has 2 aliphatic rings. The summed E-state index contributed by atoms with van der Waals surface area (Å²) in [7, 11) is 0. The summed E-state index contributed by atoms with van der Waals surface area (Å²) in [6.45, 7) is 6.44. The number of hydrogen-bond donors (Lipinski definition) is 1. The summed E-state index contributed by atoms with van der Waals surface area (Å²) in [5.41, 5.74) is 1.19. The lowest BCUT2D eigenvalue weighted by Gasteiger charge is -2.26. The number of aromatic nitrogens is 2. The predicted octanol–water partition coefficient (Wildman–Crippen LogP) is 2.35. The summed E-state index contributed by atoms with van der Waals surface area (Å²) in [4.78, 5) is 11.4. The molecule has 0 atom stereocenters. The number of hydrogen-bond acceptors (Lipinski definition) is 4. The van der Waals surface area contributed by atoms with Crippen molar-refractivity contribution >= 4 is 5.95 Å². The normalized spacial score (nSPS) is 18.9. The average Bonchev–Trinajstić information content (AvgIpc) is 3.27. The monoisotopic (exact) mass is 260 g/mol. The minimum absolute atomic E-state index is 0.469. The first kappa shape index (κ1) is 12.9. The largest absolute Gasteiger partial charge is 0.338 e. The van der Waals surface area contributed by atoms with Crippen molar-refractivity contribution < 1.29 is 0 Å². The molecule has 2 saturated carbocycles. The van der Waals surface area contributed by atoms with E-state index >= 15 is 0 Å². The zero-order valence-electron chi connectivity index (χ0n) is 12.0. The van der Waals surface area contributed by atoms with E-state index in [0.29, 0.717) is 6.04 Å². The van der Waals surface area contributed by atoms with Crippen LogP contribution in [-0.2, 0) is 6.54 Å². The van der Waals surface area contributed by atoms with E-state index in [-0.39, 0.29) is 0 Å². The van der Waals surface area contributed by atoms with Crippen LogP contribution in [-0.4, -0.2) is 28.6 Å². The summed E-state index contributed by atoms with van der Waals surface area (Å²) >= 11 is 0. The van der Waals surface area contributed by atoms with Crippen LogP contribution in [0.1, 0.15) is 45.1 Å². The number of anilines is 1. The fraction of sp³-hybridized carbons (Fsp3) is 0.733. The average molecular weight is 260 g/mol. The highest BCUT2D eigenvalue weighted by atomic mass is 15.3. The van der Waals surface area contributed by atoms with E-state index in [1.807, 2.05) is 12.4 Å². The van der Waals surface area contributed by atoms with E-state index in [1.165, 1.54) is 31.2 Å². The van der Waals surface area contributed by atoms with E-state index < -0.39 is 0 Å². The lowest BCUT2D eigenvalue weighted by molar-refractivity contribution is 0.624. The van der Waals surface area contributed by atoms with Gasteiger partial charge in [-0.2, -0.15) is 0 Å². The SMILES string of the molecule is CC(C)N(CC1CC1)c1ncc(CNC2CC2)cn1. The lowest BCUT2D eigenvalue weighted by Crippen LogP contribution is -2.34. The molecule has 0 bridgehead atoms. The highest BCUT2D eigenvalue weighted by Crippen LogP contribution is 2.31. The zero-order chi connectivity index (χ0) is 13.2. The Morgan fingerprint density at radius 3 is 2.42 bits per heavy atom. The van der Waals surface area contributed by atoms with Gasteiger partial charge in [0, 0.05) is 43.1 Å². The molecule has 1 aromatic heterocycles. The Morgan fingerprint density at radius 1 is 1.21 bits per heavy atom. The van der Waals surface area contributed by atoms with Crippen molar-refractivity contribution in [1.82, 2.24) is 15.3 Å². The summed E-state index contributed by atoms with van der Waals surface area (Å²) in [5, 5.41) is 3.49. The first-order valence-corrected chi connectivity index (χ1v) is 7.53. The number of nitrogens with zero attached hydrogens (tertiary/aromatic N) is 3. The van der Waals surface area contributed by atoms with E-state index in [4.69, 9.17) is 0 Å². The second-order valence-corrected chi connectivity index (χ2v) is 6.24. The molecule has 2 fully saturated rings. The topological polar surface area (TPSA) is 41.1 Å². The zero-order valence-corrected chi connectivity index (χ0v) is 12.0. The summed E-state index contributed by atoms with van der Waals surface area (Å²) in [6.07, 6.45) is 9.32. The first-order chi connectivity index (χ1) is 9.22. The van der Waals surface area contributed by atoms with Crippen LogP contribution in [0.3, 0.4) is 0 Å². The summed E-state index contributed by atoms with van der Waals surface area (Å²) < 4.78 is 0. The Kier molecular flexibility index (Phi) is 3.69. The molecule has 0 saturated heterocycles. The van der Waals surface area contributed by atoms with Crippen molar-refractivity contribution in [1.29, 1.82) is 0 Å². The van der Waals surface area contributed by atoms with Gasteiger partial charge in [0.25, 0.3) is 0 Å². The molecule has 0 spiro atoms. The molecule has 19 heavy (non-hydrogen) atoms. The molecule has 0 aliphatic heterocycles. The standard InChI is InChI=1S/C15H24N4/c1-11(2)19(10-12-3-4-12)15-17-8-13(9-18-15)7-16-14-5-6-14/h8-9,11-12,14,16H,3-7,10H2,1-2H3. The minimum atomic E-state index is 0.469. The van der Waals surface area contributed by atoms with Crippen molar-refractivity contribution in [3.8, 4) is 0 Å². The Morgan fingerprint density at radius 2 is 1.89 bits per heavy atom. The maximum absolute atomic E-state index is 4.55. The van der Waals surface area contributed by atoms with E-state index in [9.17, 15) is 0 Å². The quantitative estimate of drug-likeness (QED) is 0.817. The highest BCUT2D eigenvalue weighted by molar-refractivity contribution is 5.31. The molecule has 3 rings (SSSR count). The third kappa shape index (κ3) is 3.66. The smallest absolute Gasteiger partial charge is 0.225 e. The van der Waals surface area contributed by atoms with E-state index in [2.05, 4.69) is 34.0 Å². The second-order valence-electron chi connectivity index (χ2n) is 6.24. The van der Waals surface area contributed by atoms with Crippen LogP contribution >= 0.6 is 0 Å². The Bertz CT molecular complexity index is 407. The fourth-order valence-corrected chi connectivity index (χ4v) is 2.24. The summed E-state index contributed by atoms with van der Waals surface area (Å²) in [6, 6.07) is 1.21. The van der Waals surface area contributed by atoms with E-state index in [0.717, 1.165) is 31.0 Å². The third-order valence-electron chi connectivity index (χ3n) is 3.90. The molecule has 0 radical (unpaired) electrons. The Balaban J connectivity index is 1.61. The van der Waals surface area contributed by atoms with Crippen molar-refractivity contribution in [2.45, 2.75) is 58.2 Å². The van der Waals surface area contributed by atoms with Crippen LogP contribution in [0.2, 0.25) is 0 Å².